The highest BCUT2D eigenvalue weighted by atomic mass is 16.1. The van der Waals surface area contributed by atoms with E-state index in [1.807, 2.05) is 0 Å². The molecule has 5 nitrogen and oxygen atoms in total. The van der Waals surface area contributed by atoms with Crippen molar-refractivity contribution in [2.75, 3.05) is 5.32 Å². The molecule has 1 aliphatic carbocycles. The first-order valence-electron chi connectivity index (χ1n) is 5.92. The van der Waals surface area contributed by atoms with Crippen molar-refractivity contribution in [3.8, 4) is 0 Å². The minimum atomic E-state index is -0.247. The highest BCUT2D eigenvalue weighted by Crippen LogP contribution is 2.24. The van der Waals surface area contributed by atoms with Crippen LogP contribution in [0, 0.1) is 0 Å². The average molecular weight is 220 g/mol. The van der Waals surface area contributed by atoms with Crippen LogP contribution < -0.4 is 16.3 Å². The fourth-order valence-corrected chi connectivity index (χ4v) is 2.58. The molecular weight excluding hydrogens is 204 g/mol. The van der Waals surface area contributed by atoms with E-state index in [2.05, 4.69) is 20.6 Å². The first kappa shape index (κ1) is 9.84. The molecule has 1 aromatic rings. The van der Waals surface area contributed by atoms with Crippen LogP contribution >= 0.6 is 0 Å². The summed E-state index contributed by atoms with van der Waals surface area (Å²) < 4.78 is 0. The molecule has 1 aliphatic heterocycles. The van der Waals surface area contributed by atoms with Crippen LogP contribution in [0.5, 0.6) is 0 Å². The van der Waals surface area contributed by atoms with Gasteiger partial charge in [-0.1, -0.05) is 12.8 Å². The van der Waals surface area contributed by atoms with Gasteiger partial charge in [0, 0.05) is 30.4 Å². The van der Waals surface area contributed by atoms with E-state index < -0.39 is 0 Å². The van der Waals surface area contributed by atoms with E-state index in [1.165, 1.54) is 25.7 Å². The summed E-state index contributed by atoms with van der Waals surface area (Å²) in [5, 5.41) is 6.64. The molecule has 0 bridgehead atoms. The summed E-state index contributed by atoms with van der Waals surface area (Å²) in [7, 11) is 0. The summed E-state index contributed by atoms with van der Waals surface area (Å²) in [6.07, 6.45) is 4.94. The van der Waals surface area contributed by atoms with E-state index in [0.717, 1.165) is 30.2 Å². The number of aromatic nitrogens is 2. The van der Waals surface area contributed by atoms with Crippen LogP contribution in [-0.2, 0) is 13.1 Å². The summed E-state index contributed by atoms with van der Waals surface area (Å²) in [5.74, 6) is 0.788. The Morgan fingerprint density at radius 2 is 2.06 bits per heavy atom. The Kier molecular flexibility index (Phi) is 2.40. The van der Waals surface area contributed by atoms with E-state index in [-0.39, 0.29) is 5.69 Å². The summed E-state index contributed by atoms with van der Waals surface area (Å²) in [6, 6.07) is 0.499. The highest BCUT2D eigenvalue weighted by Gasteiger charge is 2.21. The van der Waals surface area contributed by atoms with Gasteiger partial charge in [0.05, 0.1) is 0 Å². The Hall–Kier alpha value is -1.36. The van der Waals surface area contributed by atoms with Crippen molar-refractivity contribution in [2.24, 2.45) is 0 Å². The molecule has 0 atom stereocenters. The molecule has 5 heteroatoms. The second-order valence-electron chi connectivity index (χ2n) is 4.58. The van der Waals surface area contributed by atoms with Crippen molar-refractivity contribution in [2.45, 2.75) is 44.8 Å². The summed E-state index contributed by atoms with van der Waals surface area (Å²) in [5.41, 5.74) is 1.87. The van der Waals surface area contributed by atoms with Gasteiger partial charge >= 0.3 is 5.69 Å². The Morgan fingerprint density at radius 1 is 1.25 bits per heavy atom. The molecule has 0 unspecified atom stereocenters. The number of hydrogen-bond donors (Lipinski definition) is 3. The molecule has 1 fully saturated rings. The van der Waals surface area contributed by atoms with E-state index in [0.29, 0.717) is 6.04 Å². The molecule has 0 amide bonds. The van der Waals surface area contributed by atoms with Gasteiger partial charge < -0.3 is 15.6 Å². The number of fused-ring (bicyclic) bond motifs is 1. The van der Waals surface area contributed by atoms with E-state index in [1.54, 1.807) is 0 Å². The van der Waals surface area contributed by atoms with Crippen LogP contribution in [0.25, 0.3) is 0 Å². The van der Waals surface area contributed by atoms with Gasteiger partial charge in [-0.05, 0) is 12.8 Å². The molecule has 0 spiro atoms. The fraction of sp³-hybridized carbons (Fsp3) is 0.636. The van der Waals surface area contributed by atoms with Gasteiger partial charge in [-0.15, -0.1) is 0 Å². The summed E-state index contributed by atoms with van der Waals surface area (Å²) in [6.45, 7) is 1.54. The molecule has 2 heterocycles. The zero-order valence-electron chi connectivity index (χ0n) is 9.18. The van der Waals surface area contributed by atoms with Crippen molar-refractivity contribution in [1.82, 2.24) is 15.3 Å². The number of aromatic amines is 1. The maximum absolute atomic E-state index is 11.4. The van der Waals surface area contributed by atoms with Crippen LogP contribution in [0.2, 0.25) is 0 Å². The van der Waals surface area contributed by atoms with Crippen molar-refractivity contribution < 1.29 is 0 Å². The van der Waals surface area contributed by atoms with Crippen molar-refractivity contribution >= 4 is 5.82 Å². The van der Waals surface area contributed by atoms with Crippen molar-refractivity contribution in [1.29, 1.82) is 0 Å². The summed E-state index contributed by atoms with van der Waals surface area (Å²) >= 11 is 0. The van der Waals surface area contributed by atoms with Crippen LogP contribution in [0.4, 0.5) is 5.82 Å². The number of hydrogen-bond acceptors (Lipinski definition) is 4. The maximum Gasteiger partial charge on any atom is 0.347 e. The van der Waals surface area contributed by atoms with Crippen molar-refractivity contribution in [3.05, 3.63) is 21.7 Å². The first-order valence-corrected chi connectivity index (χ1v) is 5.92. The number of nitrogens with zero attached hydrogens (tertiary/aromatic N) is 1. The zero-order valence-corrected chi connectivity index (χ0v) is 9.18. The Balaban J connectivity index is 1.90. The summed E-state index contributed by atoms with van der Waals surface area (Å²) in [4.78, 5) is 18.2. The first-order chi connectivity index (χ1) is 7.83. The van der Waals surface area contributed by atoms with E-state index in [9.17, 15) is 4.79 Å². The predicted molar refractivity (Wildman–Crippen MR) is 61.3 cm³/mol. The molecule has 0 aromatic carbocycles. The Morgan fingerprint density at radius 3 is 2.88 bits per heavy atom. The Labute approximate surface area is 93.7 Å². The molecule has 86 valence electrons. The normalized spacial score (nSPS) is 20.0. The monoisotopic (exact) mass is 220 g/mol. The largest absolute Gasteiger partial charge is 0.367 e. The molecule has 1 saturated carbocycles. The molecule has 2 aliphatic rings. The Bertz CT molecular complexity index is 448. The molecule has 0 saturated heterocycles. The number of anilines is 1. The third-order valence-corrected chi connectivity index (χ3v) is 3.42. The lowest BCUT2D eigenvalue weighted by molar-refractivity contribution is 0.741. The molecule has 3 rings (SSSR count). The number of nitrogens with one attached hydrogen (secondary N) is 3. The molecule has 0 radical (unpaired) electrons. The van der Waals surface area contributed by atoms with Gasteiger partial charge in [-0.2, -0.15) is 4.98 Å². The molecule has 3 N–H and O–H groups in total. The fourth-order valence-electron chi connectivity index (χ4n) is 2.58. The number of H-pyrrole nitrogens is 1. The van der Waals surface area contributed by atoms with E-state index in [4.69, 9.17) is 0 Å². The molecule has 16 heavy (non-hydrogen) atoms. The highest BCUT2D eigenvalue weighted by molar-refractivity contribution is 5.48. The third-order valence-electron chi connectivity index (χ3n) is 3.42. The molecular formula is C11H16N4O. The third kappa shape index (κ3) is 1.71. The van der Waals surface area contributed by atoms with Gasteiger partial charge in [0.2, 0.25) is 0 Å². The zero-order chi connectivity index (χ0) is 11.0. The van der Waals surface area contributed by atoms with Crippen LogP contribution in [-0.4, -0.2) is 16.0 Å². The van der Waals surface area contributed by atoms with Crippen molar-refractivity contribution in [3.63, 3.8) is 0 Å². The SMILES string of the molecule is O=c1nc(NC2CCCC2)c2c([nH]1)CNC2. The van der Waals surface area contributed by atoms with Gasteiger partial charge in [0.25, 0.3) is 0 Å². The van der Waals surface area contributed by atoms with Gasteiger partial charge in [0.1, 0.15) is 5.82 Å². The minimum absolute atomic E-state index is 0.247. The quantitative estimate of drug-likeness (QED) is 0.687. The lowest BCUT2D eigenvalue weighted by Crippen LogP contribution is -2.22. The number of rotatable bonds is 2. The maximum atomic E-state index is 11.4. The second-order valence-corrected chi connectivity index (χ2v) is 4.58. The van der Waals surface area contributed by atoms with Crippen LogP contribution in [0.3, 0.4) is 0 Å². The molecule has 1 aromatic heterocycles. The van der Waals surface area contributed by atoms with E-state index >= 15 is 0 Å². The van der Waals surface area contributed by atoms with Gasteiger partial charge in [0.15, 0.2) is 0 Å². The second kappa shape index (κ2) is 3.90. The minimum Gasteiger partial charge on any atom is -0.367 e. The lowest BCUT2D eigenvalue weighted by atomic mass is 10.2. The van der Waals surface area contributed by atoms with Crippen LogP contribution in [0.15, 0.2) is 4.79 Å². The van der Waals surface area contributed by atoms with Crippen LogP contribution in [0.1, 0.15) is 36.9 Å². The smallest absolute Gasteiger partial charge is 0.347 e. The lowest BCUT2D eigenvalue weighted by Gasteiger charge is -2.14. The van der Waals surface area contributed by atoms with Gasteiger partial charge in [-0.25, -0.2) is 4.79 Å². The topological polar surface area (TPSA) is 69.8 Å². The average Bonchev–Trinajstić information content (AvgIpc) is 2.87. The predicted octanol–water partition coefficient (Wildman–Crippen LogP) is 0.728. The van der Waals surface area contributed by atoms with Gasteiger partial charge in [-0.3, -0.25) is 0 Å². The standard InChI is InChI=1S/C11H16N4O/c16-11-14-9-6-12-5-8(9)10(15-11)13-7-3-1-2-4-7/h7,12H,1-6H2,(H2,13,14,15,16).